The molecule has 3 aromatic heterocycles. The van der Waals surface area contributed by atoms with Crippen LogP contribution in [0.1, 0.15) is 86.8 Å². The van der Waals surface area contributed by atoms with Crippen molar-refractivity contribution in [3.63, 3.8) is 0 Å². The Morgan fingerprint density at radius 1 is 0.709 bits per heavy atom. The van der Waals surface area contributed by atoms with Crippen molar-refractivity contribution in [2.45, 2.75) is 100 Å². The molecular formula is C50H56IrN2OSi-2. The molecule has 5 heteroatoms. The van der Waals surface area contributed by atoms with Crippen molar-refractivity contribution in [2.24, 2.45) is 5.92 Å². The summed E-state index contributed by atoms with van der Waals surface area (Å²) < 4.78 is 6.55. The maximum Gasteiger partial charge on any atom is 0.121 e. The molecule has 0 aliphatic heterocycles. The van der Waals surface area contributed by atoms with Crippen LogP contribution in [0.4, 0.5) is 0 Å². The fourth-order valence-electron chi connectivity index (χ4n) is 7.49. The monoisotopic (exact) mass is 921 g/mol. The van der Waals surface area contributed by atoms with Crippen LogP contribution in [0, 0.1) is 38.8 Å². The van der Waals surface area contributed by atoms with E-state index in [4.69, 9.17) is 4.42 Å². The first kappa shape index (κ1) is 42.0. The number of furan rings is 1. The molecule has 3 nitrogen and oxygen atoms in total. The van der Waals surface area contributed by atoms with Crippen LogP contribution in [0.3, 0.4) is 0 Å². The Bertz CT molecular complexity index is 2410. The molecule has 7 aromatic rings. The van der Waals surface area contributed by atoms with Crippen molar-refractivity contribution in [3.8, 4) is 33.6 Å². The molecule has 0 aliphatic carbocycles. The van der Waals surface area contributed by atoms with Crippen LogP contribution in [0.5, 0.6) is 0 Å². The van der Waals surface area contributed by atoms with Gasteiger partial charge in [-0.1, -0.05) is 140 Å². The van der Waals surface area contributed by atoms with E-state index in [1.54, 1.807) is 0 Å². The van der Waals surface area contributed by atoms with Gasteiger partial charge in [-0.15, -0.1) is 53.1 Å². The molecule has 0 aliphatic rings. The van der Waals surface area contributed by atoms with E-state index in [-0.39, 0.29) is 20.1 Å². The molecule has 0 saturated carbocycles. The summed E-state index contributed by atoms with van der Waals surface area (Å²) in [7, 11) is -1.29. The Balaban J connectivity index is 0.000000246. The maximum atomic E-state index is 6.55. The molecule has 1 radical (unpaired) electrons. The number of fused-ring (bicyclic) bond motifs is 3. The summed E-state index contributed by atoms with van der Waals surface area (Å²) >= 11 is 0. The van der Waals surface area contributed by atoms with Gasteiger partial charge in [0, 0.05) is 37.9 Å². The first-order chi connectivity index (χ1) is 25.6. The van der Waals surface area contributed by atoms with Crippen LogP contribution in [-0.4, -0.2) is 18.0 Å². The molecule has 3 heterocycles. The molecule has 0 saturated heterocycles. The minimum absolute atomic E-state index is 0. The average molecular weight is 921 g/mol. The van der Waals surface area contributed by atoms with Crippen LogP contribution in [-0.2, 0) is 26.5 Å². The van der Waals surface area contributed by atoms with E-state index in [0.29, 0.717) is 17.8 Å². The molecule has 7 rings (SSSR count). The van der Waals surface area contributed by atoms with E-state index in [1.165, 1.54) is 49.7 Å². The molecule has 0 N–H and O–H groups in total. The van der Waals surface area contributed by atoms with Gasteiger partial charge in [0.1, 0.15) is 5.58 Å². The predicted molar refractivity (Wildman–Crippen MR) is 234 cm³/mol. The molecular weight excluding hydrogens is 865 g/mol. The van der Waals surface area contributed by atoms with Gasteiger partial charge in [-0.2, -0.15) is 0 Å². The van der Waals surface area contributed by atoms with Crippen LogP contribution in [0.15, 0.2) is 95.7 Å². The number of aryl methyl sites for hydroxylation is 3. The largest absolute Gasteiger partial charge is 0.501 e. The van der Waals surface area contributed by atoms with Gasteiger partial charge in [0.2, 0.25) is 0 Å². The fourth-order valence-corrected chi connectivity index (χ4v) is 9.20. The second-order valence-electron chi connectivity index (χ2n) is 17.0. The van der Waals surface area contributed by atoms with Crippen LogP contribution >= 0.6 is 0 Å². The van der Waals surface area contributed by atoms with E-state index in [2.05, 4.69) is 177 Å². The fraction of sp³-hybridized carbons (Fsp3) is 0.320. The van der Waals surface area contributed by atoms with Gasteiger partial charge in [0.05, 0.1) is 13.7 Å². The minimum Gasteiger partial charge on any atom is -0.501 e. The normalized spacial score (nSPS) is 11.7. The predicted octanol–water partition coefficient (Wildman–Crippen LogP) is 13.6. The van der Waals surface area contributed by atoms with Crippen molar-refractivity contribution in [1.29, 1.82) is 0 Å². The van der Waals surface area contributed by atoms with Gasteiger partial charge in [-0.3, -0.25) is 0 Å². The Labute approximate surface area is 344 Å². The zero-order valence-electron chi connectivity index (χ0n) is 34.7. The Kier molecular flexibility index (Phi) is 13.2. The molecule has 0 unspecified atom stereocenters. The second-order valence-corrected chi connectivity index (χ2v) is 22.1. The van der Waals surface area contributed by atoms with E-state index < -0.39 is 8.07 Å². The average Bonchev–Trinajstić information content (AvgIpc) is 3.50. The van der Waals surface area contributed by atoms with Crippen molar-refractivity contribution in [3.05, 3.63) is 137 Å². The molecule has 0 atom stereocenters. The Hall–Kier alpha value is -4.15. The third-order valence-corrected chi connectivity index (χ3v) is 12.6. The molecule has 0 spiro atoms. The van der Waals surface area contributed by atoms with Gasteiger partial charge in [0.15, 0.2) is 0 Å². The SMILES string of the molecule is CC(C)Cc1ccnc(-c2[c-]ccc3c2oc2cc(-c4c(C(C)C)cccc4C(C)C)ccc23)c1.Cc1c[c-]c(-c2cc(C)c([Si](C)(C)C)cn2)cc1C.[Ir]. The minimum atomic E-state index is -1.29. The summed E-state index contributed by atoms with van der Waals surface area (Å²) in [6.45, 7) is 27.1. The van der Waals surface area contributed by atoms with Gasteiger partial charge < -0.3 is 14.4 Å². The molecule has 0 bridgehead atoms. The van der Waals surface area contributed by atoms with Gasteiger partial charge in [0.25, 0.3) is 0 Å². The van der Waals surface area contributed by atoms with Crippen molar-refractivity contribution in [2.75, 3.05) is 0 Å². The summed E-state index contributed by atoms with van der Waals surface area (Å²) in [4.78, 5) is 9.32. The molecule has 287 valence electrons. The standard InChI is InChI=1S/C33H34NO.C17H22NSi.Ir/c1-20(2)17-23-15-16-34-30(18-23)29-12-8-11-28-27-14-13-24(19-31(27)35-33(28)29)32-25(21(3)4)9-7-10-26(32)22(5)6;1-12-7-8-15(9-13(12)2)16-10-14(3)17(11-18-16)19(4,5)6;/h7-11,13-16,18-22H,17H2,1-6H3;7,9-11H,1-6H3;/q2*-1;. The van der Waals surface area contributed by atoms with Gasteiger partial charge in [-0.05, 0) is 82.1 Å². The third kappa shape index (κ3) is 9.29. The summed E-state index contributed by atoms with van der Waals surface area (Å²) in [6.07, 6.45) is 5.00. The third-order valence-electron chi connectivity index (χ3n) is 10.4. The summed E-state index contributed by atoms with van der Waals surface area (Å²) in [6, 6.07) is 34.9. The van der Waals surface area contributed by atoms with Crippen LogP contribution < -0.4 is 5.19 Å². The molecule has 55 heavy (non-hydrogen) atoms. The van der Waals surface area contributed by atoms with E-state index >= 15 is 0 Å². The quantitative estimate of drug-likeness (QED) is 0.113. The smallest absolute Gasteiger partial charge is 0.121 e. The number of hydrogen-bond donors (Lipinski definition) is 0. The summed E-state index contributed by atoms with van der Waals surface area (Å²) in [5, 5.41) is 3.68. The topological polar surface area (TPSA) is 38.9 Å². The van der Waals surface area contributed by atoms with Gasteiger partial charge >= 0.3 is 0 Å². The number of benzene rings is 4. The van der Waals surface area contributed by atoms with Crippen molar-refractivity contribution < 1.29 is 24.5 Å². The first-order valence-corrected chi connectivity index (χ1v) is 23.0. The zero-order valence-corrected chi connectivity index (χ0v) is 38.1. The Morgan fingerprint density at radius 3 is 2.04 bits per heavy atom. The second kappa shape index (κ2) is 17.3. The van der Waals surface area contributed by atoms with Crippen molar-refractivity contribution in [1.82, 2.24) is 9.97 Å². The Morgan fingerprint density at radius 2 is 1.42 bits per heavy atom. The number of nitrogens with zero attached hydrogens (tertiary/aromatic N) is 2. The number of pyridine rings is 2. The van der Waals surface area contributed by atoms with E-state index in [9.17, 15) is 0 Å². The first-order valence-electron chi connectivity index (χ1n) is 19.5. The van der Waals surface area contributed by atoms with E-state index in [0.717, 1.165) is 50.9 Å². The van der Waals surface area contributed by atoms with Crippen LogP contribution in [0.25, 0.3) is 55.6 Å². The number of aromatic nitrogens is 2. The maximum absolute atomic E-state index is 6.55. The molecule has 4 aromatic carbocycles. The van der Waals surface area contributed by atoms with E-state index in [1.807, 2.05) is 18.3 Å². The van der Waals surface area contributed by atoms with Crippen LogP contribution in [0.2, 0.25) is 19.6 Å². The summed E-state index contributed by atoms with van der Waals surface area (Å²) in [5.41, 5.74) is 16.3. The van der Waals surface area contributed by atoms with Crippen molar-refractivity contribution >= 4 is 35.2 Å². The molecule has 0 fully saturated rings. The molecule has 0 amide bonds. The number of hydrogen-bond acceptors (Lipinski definition) is 3. The number of rotatable bonds is 8. The summed E-state index contributed by atoms with van der Waals surface area (Å²) in [5.74, 6) is 1.49. The zero-order chi connectivity index (χ0) is 38.9. The van der Waals surface area contributed by atoms with Gasteiger partial charge in [-0.25, -0.2) is 0 Å².